The number of benzene rings is 2. The quantitative estimate of drug-likeness (QED) is 0.574. The molecule has 2 amide bonds. The Bertz CT molecular complexity index is 940. The molecule has 3 N–H and O–H groups in total. The van der Waals surface area contributed by atoms with E-state index in [9.17, 15) is 9.59 Å². The maximum atomic E-state index is 12.1. The first-order valence-corrected chi connectivity index (χ1v) is 9.03. The van der Waals surface area contributed by atoms with Crippen molar-refractivity contribution < 1.29 is 9.59 Å². The number of carbonyl (C=O) groups excluding carboxylic acids is 2. The average molecular weight is 374 g/mol. The molecule has 1 heterocycles. The van der Waals surface area contributed by atoms with Gasteiger partial charge in [-0.05, 0) is 42.3 Å². The van der Waals surface area contributed by atoms with E-state index in [-0.39, 0.29) is 11.8 Å². The van der Waals surface area contributed by atoms with Gasteiger partial charge in [-0.15, -0.1) is 0 Å². The maximum Gasteiger partial charge on any atom is 0.224 e. The molecule has 6 nitrogen and oxygen atoms in total. The Morgan fingerprint density at radius 2 is 1.64 bits per heavy atom. The molecule has 6 heteroatoms. The number of pyridine rings is 1. The molecule has 0 bridgehead atoms. The third-order valence-corrected chi connectivity index (χ3v) is 3.99. The number of nitrogens with one attached hydrogen (secondary N) is 3. The SMILES string of the molecule is CC(=O)Nc1cccc(Nc2ccc(NC(=O)CCc3ccccc3)cn2)c1. The summed E-state index contributed by atoms with van der Waals surface area (Å²) in [6.07, 6.45) is 2.73. The van der Waals surface area contributed by atoms with Gasteiger partial charge in [-0.1, -0.05) is 36.4 Å². The molecule has 3 aromatic rings. The normalized spacial score (nSPS) is 10.2. The summed E-state index contributed by atoms with van der Waals surface area (Å²) in [6, 6.07) is 20.9. The van der Waals surface area contributed by atoms with Crippen LogP contribution in [0.3, 0.4) is 0 Å². The number of hydrogen-bond donors (Lipinski definition) is 3. The third kappa shape index (κ3) is 5.95. The van der Waals surface area contributed by atoms with Crippen LogP contribution in [-0.4, -0.2) is 16.8 Å². The Morgan fingerprint density at radius 3 is 2.36 bits per heavy atom. The van der Waals surface area contributed by atoms with E-state index < -0.39 is 0 Å². The van der Waals surface area contributed by atoms with Gasteiger partial charge >= 0.3 is 0 Å². The van der Waals surface area contributed by atoms with Crippen molar-refractivity contribution in [3.05, 3.63) is 78.5 Å². The van der Waals surface area contributed by atoms with E-state index in [4.69, 9.17) is 0 Å². The number of aryl methyl sites for hydroxylation is 1. The molecular formula is C22H22N4O2. The number of carbonyl (C=O) groups is 2. The highest BCUT2D eigenvalue weighted by Gasteiger charge is 2.04. The molecule has 1 aromatic heterocycles. The lowest BCUT2D eigenvalue weighted by molar-refractivity contribution is -0.116. The van der Waals surface area contributed by atoms with Crippen LogP contribution < -0.4 is 16.0 Å². The minimum atomic E-state index is -0.123. The fourth-order valence-electron chi connectivity index (χ4n) is 2.69. The van der Waals surface area contributed by atoms with E-state index in [1.54, 1.807) is 18.3 Å². The molecule has 28 heavy (non-hydrogen) atoms. The van der Waals surface area contributed by atoms with Gasteiger partial charge in [-0.25, -0.2) is 4.98 Å². The van der Waals surface area contributed by atoms with Crippen molar-refractivity contribution in [1.82, 2.24) is 4.98 Å². The zero-order valence-electron chi connectivity index (χ0n) is 15.6. The van der Waals surface area contributed by atoms with Gasteiger partial charge in [0.2, 0.25) is 11.8 Å². The number of amides is 2. The average Bonchev–Trinajstić information content (AvgIpc) is 2.68. The Kier molecular flexibility index (Phi) is 6.36. The molecular weight excluding hydrogens is 352 g/mol. The van der Waals surface area contributed by atoms with Crippen LogP contribution in [0.4, 0.5) is 22.9 Å². The van der Waals surface area contributed by atoms with Gasteiger partial charge in [-0.3, -0.25) is 9.59 Å². The fraction of sp³-hybridized carbons (Fsp3) is 0.136. The van der Waals surface area contributed by atoms with Crippen LogP contribution in [-0.2, 0) is 16.0 Å². The van der Waals surface area contributed by atoms with Crippen LogP contribution in [0.2, 0.25) is 0 Å². The highest BCUT2D eigenvalue weighted by atomic mass is 16.2. The lowest BCUT2D eigenvalue weighted by Gasteiger charge is -2.09. The second kappa shape index (κ2) is 9.32. The van der Waals surface area contributed by atoms with E-state index in [2.05, 4.69) is 20.9 Å². The van der Waals surface area contributed by atoms with Gasteiger partial charge < -0.3 is 16.0 Å². The second-order valence-electron chi connectivity index (χ2n) is 6.35. The summed E-state index contributed by atoms with van der Waals surface area (Å²) in [7, 11) is 0. The molecule has 0 aliphatic rings. The Balaban J connectivity index is 1.53. The molecule has 0 radical (unpaired) electrons. The van der Waals surface area contributed by atoms with Crippen LogP contribution in [0.25, 0.3) is 0 Å². The summed E-state index contributed by atoms with van der Waals surface area (Å²) in [4.78, 5) is 27.6. The van der Waals surface area contributed by atoms with Crippen molar-refractivity contribution >= 4 is 34.7 Å². The van der Waals surface area contributed by atoms with Crippen molar-refractivity contribution in [2.45, 2.75) is 19.8 Å². The van der Waals surface area contributed by atoms with Gasteiger partial charge in [0, 0.05) is 24.7 Å². The van der Waals surface area contributed by atoms with Crippen LogP contribution in [0, 0.1) is 0 Å². The summed E-state index contributed by atoms with van der Waals surface area (Å²) in [6.45, 7) is 1.47. The van der Waals surface area contributed by atoms with Crippen molar-refractivity contribution in [2.24, 2.45) is 0 Å². The van der Waals surface area contributed by atoms with Crippen LogP contribution in [0.1, 0.15) is 18.9 Å². The monoisotopic (exact) mass is 374 g/mol. The van der Waals surface area contributed by atoms with Crippen molar-refractivity contribution in [1.29, 1.82) is 0 Å². The highest BCUT2D eigenvalue weighted by molar-refractivity contribution is 5.91. The first-order chi connectivity index (χ1) is 13.6. The summed E-state index contributed by atoms with van der Waals surface area (Å²) in [5.41, 5.74) is 3.30. The minimum absolute atomic E-state index is 0.0469. The minimum Gasteiger partial charge on any atom is -0.340 e. The molecule has 0 spiro atoms. The first kappa shape index (κ1) is 19.1. The van der Waals surface area contributed by atoms with E-state index in [1.807, 2.05) is 54.6 Å². The molecule has 0 saturated heterocycles. The number of nitrogens with zero attached hydrogens (tertiary/aromatic N) is 1. The largest absolute Gasteiger partial charge is 0.340 e. The van der Waals surface area contributed by atoms with Gasteiger partial charge in [0.1, 0.15) is 5.82 Å². The van der Waals surface area contributed by atoms with Crippen LogP contribution in [0.15, 0.2) is 72.9 Å². The summed E-state index contributed by atoms with van der Waals surface area (Å²) in [5, 5.41) is 8.77. The molecule has 0 saturated carbocycles. The van der Waals surface area contributed by atoms with E-state index in [0.29, 0.717) is 30.0 Å². The van der Waals surface area contributed by atoms with Crippen molar-refractivity contribution in [2.75, 3.05) is 16.0 Å². The van der Waals surface area contributed by atoms with E-state index >= 15 is 0 Å². The van der Waals surface area contributed by atoms with Gasteiger partial charge in [0.25, 0.3) is 0 Å². The third-order valence-electron chi connectivity index (χ3n) is 3.99. The van der Waals surface area contributed by atoms with Crippen LogP contribution in [0.5, 0.6) is 0 Å². The topological polar surface area (TPSA) is 83.1 Å². The van der Waals surface area contributed by atoms with Gasteiger partial charge in [-0.2, -0.15) is 0 Å². The summed E-state index contributed by atoms with van der Waals surface area (Å²) >= 11 is 0. The Morgan fingerprint density at radius 1 is 0.857 bits per heavy atom. The standard InChI is InChI=1S/C22H22N4O2/c1-16(27)24-18-8-5-9-19(14-18)25-21-12-11-20(15-23-21)26-22(28)13-10-17-6-3-2-4-7-17/h2-9,11-12,14-15H,10,13H2,1H3,(H,23,25)(H,24,27)(H,26,28). The van der Waals surface area contributed by atoms with Crippen molar-refractivity contribution in [3.8, 4) is 0 Å². The molecule has 0 aliphatic carbocycles. The lowest BCUT2D eigenvalue weighted by atomic mass is 10.1. The molecule has 2 aromatic carbocycles. The maximum absolute atomic E-state index is 12.1. The smallest absolute Gasteiger partial charge is 0.224 e. The second-order valence-corrected chi connectivity index (χ2v) is 6.35. The zero-order valence-corrected chi connectivity index (χ0v) is 15.6. The molecule has 3 rings (SSSR count). The van der Waals surface area contributed by atoms with Gasteiger partial charge in [0.15, 0.2) is 0 Å². The Labute approximate surface area is 164 Å². The van der Waals surface area contributed by atoms with E-state index in [0.717, 1.165) is 11.3 Å². The fourth-order valence-corrected chi connectivity index (χ4v) is 2.69. The molecule has 0 aliphatic heterocycles. The Hall–Kier alpha value is -3.67. The van der Waals surface area contributed by atoms with Gasteiger partial charge in [0.05, 0.1) is 11.9 Å². The molecule has 0 unspecified atom stereocenters. The zero-order chi connectivity index (χ0) is 19.8. The summed E-state index contributed by atoms with van der Waals surface area (Å²) in [5.74, 6) is 0.472. The van der Waals surface area contributed by atoms with Crippen LogP contribution >= 0.6 is 0 Å². The molecule has 0 atom stereocenters. The molecule has 0 fully saturated rings. The van der Waals surface area contributed by atoms with E-state index in [1.165, 1.54) is 6.92 Å². The lowest BCUT2D eigenvalue weighted by Crippen LogP contribution is -2.12. The number of rotatable bonds is 7. The van der Waals surface area contributed by atoms with Crippen molar-refractivity contribution in [3.63, 3.8) is 0 Å². The summed E-state index contributed by atoms with van der Waals surface area (Å²) < 4.78 is 0. The number of anilines is 4. The highest BCUT2D eigenvalue weighted by Crippen LogP contribution is 2.20. The molecule has 142 valence electrons. The number of aromatic nitrogens is 1. The predicted octanol–water partition coefficient (Wildman–Crippen LogP) is 4.35. The first-order valence-electron chi connectivity index (χ1n) is 9.03. The number of hydrogen-bond acceptors (Lipinski definition) is 4. The predicted molar refractivity (Wildman–Crippen MR) is 112 cm³/mol.